The van der Waals surface area contributed by atoms with Crippen molar-refractivity contribution in [2.24, 2.45) is 23.3 Å². The molecule has 4 unspecified atom stereocenters. The number of hydrogen-bond donors (Lipinski definition) is 6. The van der Waals surface area contributed by atoms with Crippen molar-refractivity contribution in [1.29, 1.82) is 0 Å². The molecule has 0 fully saturated rings. The van der Waals surface area contributed by atoms with E-state index in [9.17, 15) is 24.0 Å². The van der Waals surface area contributed by atoms with Crippen LogP contribution in [-0.2, 0) is 24.0 Å². The third-order valence-corrected chi connectivity index (χ3v) is 4.36. The Balaban J connectivity index is 4.89. The average molecular weight is 415 g/mol. The Hall–Kier alpha value is -2.69. The van der Waals surface area contributed by atoms with Gasteiger partial charge in [0.05, 0.1) is 19.0 Å². The lowest BCUT2D eigenvalue weighted by Crippen LogP contribution is -2.55. The zero-order valence-electron chi connectivity index (χ0n) is 17.4. The molecule has 0 saturated heterocycles. The molecule has 166 valence electrons. The van der Waals surface area contributed by atoms with Crippen molar-refractivity contribution in [2.75, 3.05) is 6.54 Å². The summed E-state index contributed by atoms with van der Waals surface area (Å²) < 4.78 is 0. The number of carbonyl (C=O) groups excluding carboxylic acids is 4. The van der Waals surface area contributed by atoms with Gasteiger partial charge in [-0.05, 0) is 18.3 Å². The highest BCUT2D eigenvalue weighted by Crippen LogP contribution is 2.06. The number of amides is 4. The molecule has 0 aliphatic rings. The molecule has 11 nitrogen and oxygen atoms in total. The quantitative estimate of drug-likeness (QED) is 0.209. The van der Waals surface area contributed by atoms with Crippen molar-refractivity contribution >= 4 is 29.6 Å². The number of primary amides is 1. The predicted molar refractivity (Wildman–Crippen MR) is 105 cm³/mol. The minimum Gasteiger partial charge on any atom is -0.480 e. The van der Waals surface area contributed by atoms with E-state index in [1.165, 1.54) is 0 Å². The maximum Gasteiger partial charge on any atom is 0.326 e. The first kappa shape index (κ1) is 26.3. The highest BCUT2D eigenvalue weighted by Gasteiger charge is 2.28. The van der Waals surface area contributed by atoms with Crippen LogP contribution in [-0.4, -0.2) is 59.4 Å². The van der Waals surface area contributed by atoms with Crippen LogP contribution in [0.4, 0.5) is 0 Å². The lowest BCUT2D eigenvalue weighted by molar-refractivity contribution is -0.142. The van der Waals surface area contributed by atoms with E-state index in [1.807, 2.05) is 20.8 Å². The molecular weight excluding hydrogens is 382 g/mol. The first-order chi connectivity index (χ1) is 13.4. The van der Waals surface area contributed by atoms with Gasteiger partial charge >= 0.3 is 5.97 Å². The standard InChI is InChI=1S/C18H33N5O6/c1-5-10(4)15(20)17(27)23-11(7-13(19)24)16(26)21-8-14(25)22-12(18(28)29)6-9(2)3/h9-12,15H,5-8,20H2,1-4H3,(H2,19,24)(H,21,26)(H,22,25)(H,23,27)(H,28,29). The van der Waals surface area contributed by atoms with Crippen molar-refractivity contribution < 1.29 is 29.1 Å². The van der Waals surface area contributed by atoms with Gasteiger partial charge in [0.1, 0.15) is 12.1 Å². The molecule has 0 aliphatic heterocycles. The highest BCUT2D eigenvalue weighted by atomic mass is 16.4. The van der Waals surface area contributed by atoms with Gasteiger partial charge in [0, 0.05) is 0 Å². The summed E-state index contributed by atoms with van der Waals surface area (Å²) in [6, 6.07) is -3.26. The van der Waals surface area contributed by atoms with Crippen LogP contribution in [0.25, 0.3) is 0 Å². The topological polar surface area (TPSA) is 194 Å². The smallest absolute Gasteiger partial charge is 0.326 e. The SMILES string of the molecule is CCC(C)C(N)C(=O)NC(CC(N)=O)C(=O)NCC(=O)NC(CC(C)C)C(=O)O. The molecule has 0 aliphatic carbocycles. The molecule has 0 radical (unpaired) electrons. The summed E-state index contributed by atoms with van der Waals surface area (Å²) in [6.45, 7) is 6.72. The van der Waals surface area contributed by atoms with E-state index in [1.54, 1.807) is 6.92 Å². The molecule has 0 bridgehead atoms. The molecule has 29 heavy (non-hydrogen) atoms. The fraction of sp³-hybridized carbons (Fsp3) is 0.722. The number of nitrogens with one attached hydrogen (secondary N) is 3. The summed E-state index contributed by atoms with van der Waals surface area (Å²) in [4.78, 5) is 58.9. The van der Waals surface area contributed by atoms with Crippen LogP contribution in [0.3, 0.4) is 0 Å². The number of carboxylic acids is 1. The van der Waals surface area contributed by atoms with Crippen LogP contribution >= 0.6 is 0 Å². The van der Waals surface area contributed by atoms with Crippen molar-refractivity contribution in [3.8, 4) is 0 Å². The predicted octanol–water partition coefficient (Wildman–Crippen LogP) is -1.55. The minimum atomic E-state index is -1.30. The zero-order valence-corrected chi connectivity index (χ0v) is 17.4. The first-order valence-corrected chi connectivity index (χ1v) is 9.53. The summed E-state index contributed by atoms with van der Waals surface area (Å²) in [6.07, 6.45) is 0.392. The Bertz CT molecular complexity index is 610. The molecule has 8 N–H and O–H groups in total. The summed E-state index contributed by atoms with van der Waals surface area (Å²) in [7, 11) is 0. The average Bonchev–Trinajstić information content (AvgIpc) is 2.62. The van der Waals surface area contributed by atoms with Gasteiger partial charge in [-0.2, -0.15) is 0 Å². The van der Waals surface area contributed by atoms with Crippen molar-refractivity contribution in [3.63, 3.8) is 0 Å². The monoisotopic (exact) mass is 415 g/mol. The molecule has 0 heterocycles. The van der Waals surface area contributed by atoms with E-state index in [0.717, 1.165) is 0 Å². The van der Waals surface area contributed by atoms with Crippen LogP contribution < -0.4 is 27.4 Å². The van der Waals surface area contributed by atoms with Crippen LogP contribution in [0.5, 0.6) is 0 Å². The molecule has 0 aromatic carbocycles. The van der Waals surface area contributed by atoms with Crippen LogP contribution in [0.2, 0.25) is 0 Å². The zero-order chi connectivity index (χ0) is 22.7. The maximum atomic E-state index is 12.3. The number of carbonyl (C=O) groups is 5. The van der Waals surface area contributed by atoms with E-state index in [2.05, 4.69) is 16.0 Å². The van der Waals surface area contributed by atoms with Crippen LogP contribution in [0.1, 0.15) is 47.0 Å². The number of nitrogens with two attached hydrogens (primary N) is 2. The Kier molecular flexibility index (Phi) is 11.5. The Morgan fingerprint density at radius 2 is 1.55 bits per heavy atom. The van der Waals surface area contributed by atoms with Crippen molar-refractivity contribution in [1.82, 2.24) is 16.0 Å². The summed E-state index contributed by atoms with van der Waals surface area (Å²) >= 11 is 0. The molecule has 0 rings (SSSR count). The van der Waals surface area contributed by atoms with Crippen molar-refractivity contribution in [2.45, 2.75) is 65.1 Å². The molecule has 0 aromatic heterocycles. The first-order valence-electron chi connectivity index (χ1n) is 9.53. The molecular formula is C18H33N5O6. The van der Waals surface area contributed by atoms with Gasteiger partial charge in [0.25, 0.3) is 0 Å². The molecule has 0 spiro atoms. The number of rotatable bonds is 13. The summed E-state index contributed by atoms with van der Waals surface area (Å²) in [5.41, 5.74) is 10.9. The fourth-order valence-electron chi connectivity index (χ4n) is 2.42. The number of carboxylic acid groups (broad SMARTS) is 1. The molecule has 4 amide bonds. The van der Waals surface area contributed by atoms with Crippen LogP contribution in [0, 0.1) is 11.8 Å². The van der Waals surface area contributed by atoms with E-state index in [0.29, 0.717) is 6.42 Å². The third kappa shape index (κ3) is 10.4. The lowest BCUT2D eigenvalue weighted by Gasteiger charge is -2.22. The molecule has 4 atom stereocenters. The van der Waals surface area contributed by atoms with Gasteiger partial charge in [-0.1, -0.05) is 34.1 Å². The Labute approximate surface area is 170 Å². The Morgan fingerprint density at radius 1 is 0.966 bits per heavy atom. The van der Waals surface area contributed by atoms with Gasteiger partial charge in [0.2, 0.25) is 23.6 Å². The number of hydrogen-bond acceptors (Lipinski definition) is 6. The van der Waals surface area contributed by atoms with E-state index < -0.39 is 60.7 Å². The fourth-order valence-corrected chi connectivity index (χ4v) is 2.42. The van der Waals surface area contributed by atoms with Gasteiger partial charge < -0.3 is 32.5 Å². The van der Waals surface area contributed by atoms with Gasteiger partial charge in [-0.25, -0.2) is 4.79 Å². The maximum absolute atomic E-state index is 12.3. The van der Waals surface area contributed by atoms with Crippen molar-refractivity contribution in [3.05, 3.63) is 0 Å². The largest absolute Gasteiger partial charge is 0.480 e. The summed E-state index contributed by atoms with van der Waals surface area (Å²) in [5, 5.41) is 16.1. The number of aliphatic carboxylic acids is 1. The second-order valence-electron chi connectivity index (χ2n) is 7.45. The van der Waals surface area contributed by atoms with E-state index in [4.69, 9.17) is 16.6 Å². The summed E-state index contributed by atoms with van der Waals surface area (Å²) in [5.74, 6) is -4.26. The van der Waals surface area contributed by atoms with Gasteiger partial charge in [0.15, 0.2) is 0 Å². The molecule has 0 saturated carbocycles. The van der Waals surface area contributed by atoms with Crippen LogP contribution in [0.15, 0.2) is 0 Å². The Morgan fingerprint density at radius 3 is 2.00 bits per heavy atom. The van der Waals surface area contributed by atoms with Gasteiger partial charge in [-0.3, -0.25) is 19.2 Å². The van der Waals surface area contributed by atoms with E-state index in [-0.39, 0.29) is 18.3 Å². The van der Waals surface area contributed by atoms with E-state index >= 15 is 0 Å². The molecule has 0 aromatic rings. The molecule has 11 heteroatoms. The lowest BCUT2D eigenvalue weighted by atomic mass is 9.99. The minimum absolute atomic E-state index is 0.0378. The second kappa shape index (κ2) is 12.7. The second-order valence-corrected chi connectivity index (χ2v) is 7.45. The third-order valence-electron chi connectivity index (χ3n) is 4.36. The van der Waals surface area contributed by atoms with Gasteiger partial charge in [-0.15, -0.1) is 0 Å². The normalized spacial score (nSPS) is 15.0. The highest BCUT2D eigenvalue weighted by molar-refractivity contribution is 5.95.